The maximum absolute atomic E-state index is 5.79. The highest BCUT2D eigenvalue weighted by Gasteiger charge is 2.16. The van der Waals surface area contributed by atoms with Crippen LogP contribution in [0.2, 0.25) is 0 Å². The van der Waals surface area contributed by atoms with Crippen molar-refractivity contribution in [2.24, 2.45) is 0 Å². The second kappa shape index (κ2) is 3.84. The summed E-state index contributed by atoms with van der Waals surface area (Å²) in [6.45, 7) is 3.09. The predicted octanol–water partition coefficient (Wildman–Crippen LogP) is 2.03. The second-order valence-electron chi connectivity index (χ2n) is 3.67. The van der Waals surface area contributed by atoms with E-state index < -0.39 is 0 Å². The number of allylic oxidation sites excluding steroid dienone is 1. The van der Waals surface area contributed by atoms with Gasteiger partial charge in [-0.2, -0.15) is 0 Å². The fraction of sp³-hybridized carbons (Fsp3) is 0.333. The van der Waals surface area contributed by atoms with Crippen molar-refractivity contribution in [1.82, 2.24) is 5.32 Å². The third kappa shape index (κ3) is 1.66. The van der Waals surface area contributed by atoms with Crippen LogP contribution in [0.25, 0.3) is 0 Å². The summed E-state index contributed by atoms with van der Waals surface area (Å²) in [7, 11) is 0. The van der Waals surface area contributed by atoms with Crippen molar-refractivity contribution in [2.75, 3.05) is 12.3 Å². The summed E-state index contributed by atoms with van der Waals surface area (Å²) < 4.78 is 0. The lowest BCUT2D eigenvalue weighted by atomic mass is 9.93. The standard InChI is InChI=1S/C12H16N2/c1-2-3-12-11-8-10(13)5-4-9(11)6-7-14-12/h2-5,8,12,14H,6-7,13H2,1H3/b3-2+. The summed E-state index contributed by atoms with van der Waals surface area (Å²) in [6, 6.07) is 6.54. The highest BCUT2D eigenvalue weighted by molar-refractivity contribution is 5.48. The first kappa shape index (κ1) is 9.28. The van der Waals surface area contributed by atoms with Gasteiger partial charge in [0.05, 0.1) is 6.04 Å². The topological polar surface area (TPSA) is 38.0 Å². The lowest BCUT2D eigenvalue weighted by Gasteiger charge is -2.24. The Morgan fingerprint density at radius 2 is 2.36 bits per heavy atom. The van der Waals surface area contributed by atoms with Gasteiger partial charge in [-0.3, -0.25) is 0 Å². The summed E-state index contributed by atoms with van der Waals surface area (Å²) in [5, 5.41) is 3.46. The molecule has 14 heavy (non-hydrogen) atoms. The highest BCUT2D eigenvalue weighted by atomic mass is 14.9. The molecule has 0 aliphatic carbocycles. The third-order valence-electron chi connectivity index (χ3n) is 2.65. The van der Waals surface area contributed by atoms with Gasteiger partial charge >= 0.3 is 0 Å². The van der Waals surface area contributed by atoms with E-state index in [1.165, 1.54) is 11.1 Å². The fourth-order valence-electron chi connectivity index (χ4n) is 1.97. The monoisotopic (exact) mass is 188 g/mol. The Morgan fingerprint density at radius 3 is 3.14 bits per heavy atom. The quantitative estimate of drug-likeness (QED) is 0.523. The molecule has 1 aromatic rings. The van der Waals surface area contributed by atoms with Gasteiger partial charge in [-0.1, -0.05) is 18.2 Å². The second-order valence-corrected chi connectivity index (χ2v) is 3.67. The molecule has 2 heteroatoms. The third-order valence-corrected chi connectivity index (χ3v) is 2.65. The number of benzene rings is 1. The summed E-state index contributed by atoms with van der Waals surface area (Å²) in [5.41, 5.74) is 9.38. The van der Waals surface area contributed by atoms with E-state index in [4.69, 9.17) is 5.73 Å². The first-order valence-electron chi connectivity index (χ1n) is 5.06. The predicted molar refractivity (Wildman–Crippen MR) is 60.1 cm³/mol. The van der Waals surface area contributed by atoms with E-state index in [0.717, 1.165) is 18.7 Å². The van der Waals surface area contributed by atoms with E-state index in [1.54, 1.807) is 0 Å². The lowest BCUT2D eigenvalue weighted by Crippen LogP contribution is -2.28. The van der Waals surface area contributed by atoms with Crippen LogP contribution >= 0.6 is 0 Å². The van der Waals surface area contributed by atoms with Crippen LogP contribution in [-0.4, -0.2) is 6.54 Å². The molecule has 0 saturated carbocycles. The Hall–Kier alpha value is -1.28. The average Bonchev–Trinajstić information content (AvgIpc) is 2.19. The van der Waals surface area contributed by atoms with Crippen molar-refractivity contribution < 1.29 is 0 Å². The summed E-state index contributed by atoms with van der Waals surface area (Å²) >= 11 is 0. The van der Waals surface area contributed by atoms with E-state index >= 15 is 0 Å². The van der Waals surface area contributed by atoms with Gasteiger partial charge in [0, 0.05) is 12.2 Å². The smallest absolute Gasteiger partial charge is 0.0509 e. The van der Waals surface area contributed by atoms with Crippen LogP contribution in [0.1, 0.15) is 24.1 Å². The van der Waals surface area contributed by atoms with Crippen molar-refractivity contribution in [3.05, 3.63) is 41.5 Å². The molecule has 2 nitrogen and oxygen atoms in total. The van der Waals surface area contributed by atoms with Crippen LogP contribution in [0.15, 0.2) is 30.4 Å². The van der Waals surface area contributed by atoms with Gasteiger partial charge in [0.25, 0.3) is 0 Å². The maximum atomic E-state index is 5.79. The molecule has 0 aromatic heterocycles. The number of nitrogens with one attached hydrogen (secondary N) is 1. The minimum Gasteiger partial charge on any atom is -0.399 e. The van der Waals surface area contributed by atoms with Crippen LogP contribution in [0.3, 0.4) is 0 Å². The Labute approximate surface area is 84.8 Å². The largest absolute Gasteiger partial charge is 0.399 e. The van der Waals surface area contributed by atoms with E-state index in [-0.39, 0.29) is 0 Å². The number of hydrogen-bond acceptors (Lipinski definition) is 2. The molecular weight excluding hydrogens is 172 g/mol. The molecule has 0 fully saturated rings. The molecule has 1 aliphatic heterocycles. The number of rotatable bonds is 1. The van der Waals surface area contributed by atoms with Gasteiger partial charge in [0.1, 0.15) is 0 Å². The SMILES string of the molecule is C/C=C/C1NCCc2ccc(N)cc21. The molecular formula is C12H16N2. The molecule has 1 aromatic carbocycles. The van der Waals surface area contributed by atoms with Crippen LogP contribution < -0.4 is 11.1 Å². The highest BCUT2D eigenvalue weighted by Crippen LogP contribution is 2.25. The zero-order chi connectivity index (χ0) is 9.97. The lowest BCUT2D eigenvalue weighted by molar-refractivity contribution is 0.581. The van der Waals surface area contributed by atoms with Gasteiger partial charge in [-0.15, -0.1) is 0 Å². The number of nitrogens with two attached hydrogens (primary N) is 1. The van der Waals surface area contributed by atoms with Crippen molar-refractivity contribution in [1.29, 1.82) is 0 Å². The van der Waals surface area contributed by atoms with Crippen molar-refractivity contribution in [3.63, 3.8) is 0 Å². The first-order chi connectivity index (χ1) is 6.81. The molecule has 2 rings (SSSR count). The van der Waals surface area contributed by atoms with Crippen LogP contribution in [0.5, 0.6) is 0 Å². The van der Waals surface area contributed by atoms with Crippen LogP contribution in [0.4, 0.5) is 5.69 Å². The Kier molecular flexibility index (Phi) is 2.55. The first-order valence-corrected chi connectivity index (χ1v) is 5.06. The molecule has 0 radical (unpaired) electrons. The number of nitrogen functional groups attached to an aromatic ring is 1. The summed E-state index contributed by atoms with van der Waals surface area (Å²) in [6.07, 6.45) is 5.36. The van der Waals surface area contributed by atoms with E-state index in [2.05, 4.69) is 29.6 Å². The van der Waals surface area contributed by atoms with Crippen molar-refractivity contribution >= 4 is 5.69 Å². The molecule has 0 spiro atoms. The van der Waals surface area contributed by atoms with Crippen LogP contribution in [0, 0.1) is 0 Å². The van der Waals surface area contributed by atoms with Crippen LogP contribution in [-0.2, 0) is 6.42 Å². The molecule has 0 amide bonds. The minimum absolute atomic E-state index is 0.340. The van der Waals surface area contributed by atoms with Crippen molar-refractivity contribution in [2.45, 2.75) is 19.4 Å². The number of anilines is 1. The molecule has 1 aliphatic rings. The molecule has 0 bridgehead atoms. The van der Waals surface area contributed by atoms with Crippen molar-refractivity contribution in [3.8, 4) is 0 Å². The molecule has 3 N–H and O–H groups in total. The summed E-state index contributed by atoms with van der Waals surface area (Å²) in [5.74, 6) is 0. The Morgan fingerprint density at radius 1 is 1.50 bits per heavy atom. The Balaban J connectivity index is 2.41. The zero-order valence-corrected chi connectivity index (χ0v) is 8.46. The molecule has 1 heterocycles. The van der Waals surface area contributed by atoms with E-state index in [9.17, 15) is 0 Å². The molecule has 1 atom stereocenters. The molecule has 1 unspecified atom stereocenters. The zero-order valence-electron chi connectivity index (χ0n) is 8.46. The average molecular weight is 188 g/mol. The van der Waals surface area contributed by atoms with Gasteiger partial charge in [-0.05, 0) is 36.6 Å². The number of fused-ring (bicyclic) bond motifs is 1. The van der Waals surface area contributed by atoms with Gasteiger partial charge < -0.3 is 11.1 Å². The Bertz CT molecular complexity index is 355. The molecule has 0 saturated heterocycles. The fourth-order valence-corrected chi connectivity index (χ4v) is 1.97. The van der Waals surface area contributed by atoms with Gasteiger partial charge in [0.15, 0.2) is 0 Å². The normalized spacial score (nSPS) is 21.1. The maximum Gasteiger partial charge on any atom is 0.0509 e. The summed E-state index contributed by atoms with van der Waals surface area (Å²) in [4.78, 5) is 0. The number of hydrogen-bond donors (Lipinski definition) is 2. The van der Waals surface area contributed by atoms with Gasteiger partial charge in [-0.25, -0.2) is 0 Å². The molecule has 74 valence electrons. The minimum atomic E-state index is 0.340. The van der Waals surface area contributed by atoms with Gasteiger partial charge in [0.2, 0.25) is 0 Å². The van der Waals surface area contributed by atoms with E-state index in [0.29, 0.717) is 6.04 Å². The van der Waals surface area contributed by atoms with E-state index in [1.807, 2.05) is 13.0 Å².